The fourth-order valence-corrected chi connectivity index (χ4v) is 9.23. The largest absolute Gasteiger partial charge is 1.00 e. The van der Waals surface area contributed by atoms with E-state index in [-0.39, 0.29) is 18.9 Å². The summed E-state index contributed by atoms with van der Waals surface area (Å²) in [5, 5.41) is 0. The van der Waals surface area contributed by atoms with Crippen molar-refractivity contribution < 1.29 is 18.9 Å². The standard InChI is InChI=1S/C9H22NSi2.Li/c1-11(2)7-5-6-10-12(3,4)9-8-11;/h5-9H2,1-4H3;/q-1;+1. The quantitative estimate of drug-likeness (QED) is 0.519. The molecule has 0 bridgehead atoms. The zero-order valence-corrected chi connectivity index (χ0v) is 12.0. The molecule has 1 saturated heterocycles. The molecule has 1 aliphatic rings. The molecule has 1 rings (SSSR count). The Morgan fingerprint density at radius 2 is 1.54 bits per heavy atom. The van der Waals surface area contributed by atoms with Gasteiger partial charge in [-0.25, -0.2) is 0 Å². The maximum Gasteiger partial charge on any atom is 1.00 e. The minimum Gasteiger partial charge on any atom is -0.665 e. The van der Waals surface area contributed by atoms with Gasteiger partial charge < -0.3 is 4.98 Å². The maximum atomic E-state index is 4.84. The molecule has 0 aromatic rings. The first-order chi connectivity index (χ1) is 5.41. The predicted molar refractivity (Wildman–Crippen MR) is 62.2 cm³/mol. The van der Waals surface area contributed by atoms with Crippen LogP contribution in [-0.2, 0) is 0 Å². The van der Waals surface area contributed by atoms with E-state index in [4.69, 9.17) is 4.98 Å². The monoisotopic (exact) mass is 207 g/mol. The summed E-state index contributed by atoms with van der Waals surface area (Å²) in [6.07, 6.45) is 1.37. The van der Waals surface area contributed by atoms with E-state index >= 15 is 0 Å². The van der Waals surface area contributed by atoms with Gasteiger partial charge in [-0.2, -0.15) is 6.54 Å². The summed E-state index contributed by atoms with van der Waals surface area (Å²) in [4.78, 5) is 4.84. The molecule has 0 aromatic carbocycles. The minimum absolute atomic E-state index is 0. The van der Waals surface area contributed by atoms with Gasteiger partial charge in [0.1, 0.15) is 0 Å². The summed E-state index contributed by atoms with van der Waals surface area (Å²) >= 11 is 0. The first-order valence-corrected chi connectivity index (χ1v) is 11.7. The Morgan fingerprint density at radius 3 is 2.15 bits per heavy atom. The molecule has 1 heterocycles. The van der Waals surface area contributed by atoms with Crippen LogP contribution in [0.4, 0.5) is 0 Å². The maximum absolute atomic E-state index is 4.84. The Balaban J connectivity index is 0.00000144. The third kappa shape index (κ3) is 5.44. The first kappa shape index (κ1) is 14.0. The smallest absolute Gasteiger partial charge is 0.665 e. The second-order valence-corrected chi connectivity index (χ2v) is 15.2. The van der Waals surface area contributed by atoms with Crippen LogP contribution in [0.25, 0.3) is 4.98 Å². The molecule has 0 spiro atoms. The van der Waals surface area contributed by atoms with E-state index in [9.17, 15) is 0 Å². The van der Waals surface area contributed by atoms with Crippen molar-refractivity contribution in [1.82, 2.24) is 0 Å². The van der Waals surface area contributed by atoms with Gasteiger partial charge in [-0.15, -0.1) is 0 Å². The third-order valence-electron chi connectivity index (χ3n) is 2.97. The molecule has 4 heteroatoms. The molecule has 0 atom stereocenters. The van der Waals surface area contributed by atoms with Gasteiger partial charge in [-0.05, 0) is 0 Å². The van der Waals surface area contributed by atoms with E-state index in [1.165, 1.54) is 24.6 Å². The molecule has 1 nitrogen and oxygen atoms in total. The van der Waals surface area contributed by atoms with Crippen molar-refractivity contribution in [2.75, 3.05) is 6.54 Å². The van der Waals surface area contributed by atoms with Gasteiger partial charge >= 0.3 is 18.9 Å². The second-order valence-electron chi connectivity index (χ2n) is 5.46. The second kappa shape index (κ2) is 5.18. The fourth-order valence-electron chi connectivity index (χ4n) is 1.79. The molecule has 0 unspecified atom stereocenters. The van der Waals surface area contributed by atoms with Crippen LogP contribution in [0.15, 0.2) is 0 Å². The van der Waals surface area contributed by atoms with Crippen molar-refractivity contribution in [3.05, 3.63) is 4.98 Å². The summed E-state index contributed by atoms with van der Waals surface area (Å²) in [5.41, 5.74) is 0. The fraction of sp³-hybridized carbons (Fsp3) is 1.00. The molecule has 1 aliphatic heterocycles. The SMILES string of the molecule is C[Si]1(C)CCC[N-][Si](C)(C)CC1.[Li+]. The summed E-state index contributed by atoms with van der Waals surface area (Å²) in [6.45, 7) is 11.1. The van der Waals surface area contributed by atoms with Crippen LogP contribution in [0, 0.1) is 0 Å². The number of hydrogen-bond acceptors (Lipinski definition) is 0. The number of rotatable bonds is 0. The van der Waals surface area contributed by atoms with Crippen molar-refractivity contribution in [1.29, 1.82) is 0 Å². The molecule has 0 N–H and O–H groups in total. The summed E-state index contributed by atoms with van der Waals surface area (Å²) in [6, 6.07) is 4.48. The molecule has 0 radical (unpaired) electrons. The minimum atomic E-state index is -1.10. The molecular formula is C9H22LiNSi2. The zero-order valence-electron chi connectivity index (χ0n) is 9.98. The van der Waals surface area contributed by atoms with Crippen molar-refractivity contribution in [2.24, 2.45) is 0 Å². The molecule has 13 heavy (non-hydrogen) atoms. The van der Waals surface area contributed by atoms with Crippen molar-refractivity contribution in [3.63, 3.8) is 0 Å². The molecule has 1 fully saturated rings. The van der Waals surface area contributed by atoms with E-state index in [0.29, 0.717) is 0 Å². The Bertz CT molecular complexity index is 142. The normalized spacial score (nSPS) is 26.8. The van der Waals surface area contributed by atoms with Gasteiger partial charge in [-0.3, -0.25) is 0 Å². The summed E-state index contributed by atoms with van der Waals surface area (Å²) in [7, 11) is -1.89. The Labute approximate surface area is 97.3 Å². The number of nitrogens with zero attached hydrogens (tertiary/aromatic N) is 1. The van der Waals surface area contributed by atoms with Gasteiger partial charge in [0.25, 0.3) is 0 Å². The molecule has 0 amide bonds. The van der Waals surface area contributed by atoms with E-state index < -0.39 is 16.3 Å². The van der Waals surface area contributed by atoms with Crippen molar-refractivity contribution >= 4 is 16.3 Å². The van der Waals surface area contributed by atoms with Crippen molar-refractivity contribution in [3.8, 4) is 0 Å². The topological polar surface area (TPSA) is 14.1 Å². The predicted octanol–water partition coefficient (Wildman–Crippen LogP) is 0.681. The van der Waals surface area contributed by atoms with Crippen LogP contribution in [0.5, 0.6) is 0 Å². The van der Waals surface area contributed by atoms with E-state index in [0.717, 1.165) is 6.54 Å². The molecule has 0 saturated carbocycles. The van der Waals surface area contributed by atoms with Gasteiger partial charge in [0.05, 0.1) is 0 Å². The van der Waals surface area contributed by atoms with Crippen LogP contribution in [0.2, 0.25) is 44.3 Å². The molecular weight excluding hydrogens is 185 g/mol. The molecule has 0 aromatic heterocycles. The summed E-state index contributed by atoms with van der Waals surface area (Å²) < 4.78 is 0. The van der Waals surface area contributed by atoms with Crippen LogP contribution in [0.3, 0.4) is 0 Å². The zero-order chi connectivity index (χ0) is 9.24. The average Bonchev–Trinajstić information content (AvgIpc) is 1.94. The first-order valence-electron chi connectivity index (χ1n) is 5.10. The third-order valence-corrected chi connectivity index (χ3v) is 9.33. The van der Waals surface area contributed by atoms with Crippen LogP contribution < -0.4 is 18.9 Å². The van der Waals surface area contributed by atoms with E-state index in [1.807, 2.05) is 0 Å². The Morgan fingerprint density at radius 1 is 0.923 bits per heavy atom. The average molecular weight is 207 g/mol. The van der Waals surface area contributed by atoms with Crippen LogP contribution >= 0.6 is 0 Å². The van der Waals surface area contributed by atoms with Crippen LogP contribution in [-0.4, -0.2) is 22.9 Å². The van der Waals surface area contributed by atoms with Gasteiger partial charge in [0, 0.05) is 8.07 Å². The van der Waals surface area contributed by atoms with Crippen LogP contribution in [0.1, 0.15) is 6.42 Å². The molecule has 72 valence electrons. The van der Waals surface area contributed by atoms with E-state index in [1.54, 1.807) is 0 Å². The van der Waals surface area contributed by atoms with Gasteiger partial charge in [0.2, 0.25) is 0 Å². The van der Waals surface area contributed by atoms with Crippen molar-refractivity contribution in [2.45, 2.75) is 50.7 Å². The Kier molecular flexibility index (Phi) is 5.57. The Hall–Kier alpha value is 0.991. The summed E-state index contributed by atoms with van der Waals surface area (Å²) in [5.74, 6) is 0. The van der Waals surface area contributed by atoms with Gasteiger partial charge in [0.15, 0.2) is 0 Å². The number of hydrogen-bond donors (Lipinski definition) is 0. The van der Waals surface area contributed by atoms with Gasteiger partial charge in [-0.1, -0.05) is 59.0 Å². The van der Waals surface area contributed by atoms with E-state index in [2.05, 4.69) is 26.2 Å². The molecule has 0 aliphatic carbocycles.